The highest BCUT2D eigenvalue weighted by atomic mass is 16.5. The van der Waals surface area contributed by atoms with Gasteiger partial charge in [-0.25, -0.2) is 0 Å². The van der Waals surface area contributed by atoms with Crippen molar-refractivity contribution >= 4 is 5.97 Å². The molecule has 0 aliphatic rings. The van der Waals surface area contributed by atoms with Crippen molar-refractivity contribution in [2.45, 2.75) is 302 Å². The van der Waals surface area contributed by atoms with Gasteiger partial charge in [0.25, 0.3) is 0 Å². The minimum absolute atomic E-state index is 0.0179. The first-order chi connectivity index (χ1) is 27.3. The molecule has 0 saturated heterocycles. The number of rotatable bonds is 49. The first-order valence-electron chi connectivity index (χ1n) is 25.7. The summed E-state index contributed by atoms with van der Waals surface area (Å²) >= 11 is 0. The van der Waals surface area contributed by atoms with Crippen LogP contribution in [0.1, 0.15) is 302 Å². The lowest BCUT2D eigenvalue weighted by molar-refractivity contribution is -0.143. The number of allylic oxidation sites excluding steroid dienone is 2. The summed E-state index contributed by atoms with van der Waals surface area (Å²) < 4.78 is 5.47. The Hall–Kier alpha value is -0.830. The van der Waals surface area contributed by atoms with Crippen LogP contribution in [0.3, 0.4) is 0 Å². The Balaban J connectivity index is 3.13. The highest BCUT2D eigenvalue weighted by molar-refractivity contribution is 5.69. The third-order valence-electron chi connectivity index (χ3n) is 12.0. The van der Waals surface area contributed by atoms with Crippen LogP contribution in [-0.2, 0) is 9.53 Å². The molecule has 328 valence electrons. The van der Waals surface area contributed by atoms with Crippen molar-refractivity contribution in [1.82, 2.24) is 0 Å². The second-order valence-corrected chi connectivity index (χ2v) is 17.6. The van der Waals surface area contributed by atoms with E-state index in [0.717, 1.165) is 25.7 Å². The normalized spacial score (nSPS) is 11.7. The van der Waals surface area contributed by atoms with Crippen molar-refractivity contribution in [2.75, 3.05) is 13.2 Å². The van der Waals surface area contributed by atoms with Crippen LogP contribution in [0.5, 0.6) is 0 Å². The summed E-state index contributed by atoms with van der Waals surface area (Å²) in [6.45, 7) is 3.26. The fraction of sp³-hybridized carbons (Fsp3) is 0.942. The van der Waals surface area contributed by atoms with Gasteiger partial charge in [0, 0.05) is 13.0 Å². The fourth-order valence-corrected chi connectivity index (χ4v) is 8.12. The second kappa shape index (κ2) is 51.2. The van der Waals surface area contributed by atoms with Crippen molar-refractivity contribution in [3.05, 3.63) is 12.2 Å². The summed E-state index contributed by atoms with van der Waals surface area (Å²) in [5.74, 6) is 0.0179. The number of ether oxygens (including phenoxy) is 1. The van der Waals surface area contributed by atoms with Crippen LogP contribution in [-0.4, -0.2) is 24.3 Å². The van der Waals surface area contributed by atoms with Gasteiger partial charge in [0.2, 0.25) is 0 Å². The predicted molar refractivity (Wildman–Crippen MR) is 245 cm³/mol. The molecule has 0 spiro atoms. The van der Waals surface area contributed by atoms with Crippen molar-refractivity contribution in [3.63, 3.8) is 0 Å². The standard InChI is InChI=1S/C52H102O3/c1-2-3-4-5-6-7-8-31-34-37-40-43-46-49-52(54)55-51-48-45-42-39-36-33-30-28-26-24-22-20-18-16-14-12-10-9-11-13-15-17-19-21-23-25-27-29-32-35-38-41-44-47-50-53/h7-8,53H,2-6,9-51H2,1H3/b8-7-. The summed E-state index contributed by atoms with van der Waals surface area (Å²) in [4.78, 5) is 12.0. The average molecular weight is 775 g/mol. The van der Waals surface area contributed by atoms with Crippen LogP contribution in [0, 0.1) is 0 Å². The molecular weight excluding hydrogens is 673 g/mol. The third-order valence-corrected chi connectivity index (χ3v) is 12.0. The molecule has 0 atom stereocenters. The van der Waals surface area contributed by atoms with E-state index in [1.165, 1.54) is 263 Å². The number of unbranched alkanes of at least 4 members (excludes halogenated alkanes) is 42. The van der Waals surface area contributed by atoms with Gasteiger partial charge in [0.15, 0.2) is 0 Å². The molecule has 0 heterocycles. The lowest BCUT2D eigenvalue weighted by atomic mass is 10.0. The van der Waals surface area contributed by atoms with E-state index in [-0.39, 0.29) is 5.97 Å². The van der Waals surface area contributed by atoms with Crippen molar-refractivity contribution < 1.29 is 14.6 Å². The Bertz CT molecular complexity index is 718. The minimum Gasteiger partial charge on any atom is -0.466 e. The number of hydrogen-bond acceptors (Lipinski definition) is 3. The number of carbonyl (C=O) groups excluding carboxylic acids is 1. The zero-order valence-corrected chi connectivity index (χ0v) is 37.9. The molecule has 0 amide bonds. The lowest BCUT2D eigenvalue weighted by Gasteiger charge is -2.06. The Morgan fingerprint density at radius 2 is 0.600 bits per heavy atom. The van der Waals surface area contributed by atoms with Crippen LogP contribution in [0.15, 0.2) is 12.2 Å². The highest BCUT2D eigenvalue weighted by Gasteiger charge is 2.03. The Morgan fingerprint density at radius 1 is 0.345 bits per heavy atom. The number of hydrogen-bond donors (Lipinski definition) is 1. The summed E-state index contributed by atoms with van der Waals surface area (Å²) in [5.41, 5.74) is 0. The maximum Gasteiger partial charge on any atom is 0.305 e. The van der Waals surface area contributed by atoms with Gasteiger partial charge in [0.05, 0.1) is 6.61 Å². The number of esters is 1. The van der Waals surface area contributed by atoms with Gasteiger partial charge in [-0.05, 0) is 44.9 Å². The van der Waals surface area contributed by atoms with Gasteiger partial charge < -0.3 is 9.84 Å². The smallest absolute Gasteiger partial charge is 0.305 e. The van der Waals surface area contributed by atoms with E-state index in [0.29, 0.717) is 19.6 Å². The van der Waals surface area contributed by atoms with Crippen molar-refractivity contribution in [1.29, 1.82) is 0 Å². The predicted octanol–water partition coefficient (Wildman–Crippen LogP) is 18.0. The van der Waals surface area contributed by atoms with E-state index in [1.807, 2.05) is 0 Å². The molecule has 0 bridgehead atoms. The molecule has 0 aromatic rings. The molecule has 0 fully saturated rings. The molecule has 0 aliphatic heterocycles. The molecule has 3 heteroatoms. The maximum absolute atomic E-state index is 12.0. The van der Waals surface area contributed by atoms with Crippen LogP contribution in [0.2, 0.25) is 0 Å². The summed E-state index contributed by atoms with van der Waals surface area (Å²) in [6.07, 6.45) is 66.6. The summed E-state index contributed by atoms with van der Waals surface area (Å²) in [7, 11) is 0. The molecule has 0 rings (SSSR count). The quantitative estimate of drug-likeness (QED) is 0.0380. The Morgan fingerprint density at radius 3 is 0.909 bits per heavy atom. The minimum atomic E-state index is 0.0179. The molecule has 0 aromatic heterocycles. The van der Waals surface area contributed by atoms with Gasteiger partial charge >= 0.3 is 5.97 Å². The topological polar surface area (TPSA) is 46.5 Å². The third kappa shape index (κ3) is 51.2. The van der Waals surface area contributed by atoms with Gasteiger partial charge in [0.1, 0.15) is 0 Å². The van der Waals surface area contributed by atoms with Gasteiger partial charge in [-0.15, -0.1) is 0 Å². The largest absolute Gasteiger partial charge is 0.466 e. The molecule has 0 unspecified atom stereocenters. The number of aliphatic hydroxyl groups excluding tert-OH is 1. The molecule has 0 aliphatic carbocycles. The fourth-order valence-electron chi connectivity index (χ4n) is 8.12. The average Bonchev–Trinajstić information content (AvgIpc) is 3.19. The van der Waals surface area contributed by atoms with Crippen molar-refractivity contribution in [2.24, 2.45) is 0 Å². The van der Waals surface area contributed by atoms with E-state index in [4.69, 9.17) is 9.84 Å². The summed E-state index contributed by atoms with van der Waals surface area (Å²) in [5, 5.41) is 8.82. The molecule has 55 heavy (non-hydrogen) atoms. The number of carbonyl (C=O) groups is 1. The summed E-state index contributed by atoms with van der Waals surface area (Å²) in [6, 6.07) is 0. The molecule has 0 aromatic carbocycles. The Kier molecular flexibility index (Phi) is 50.4. The van der Waals surface area contributed by atoms with Gasteiger partial charge in [-0.3, -0.25) is 4.79 Å². The van der Waals surface area contributed by atoms with E-state index in [1.54, 1.807) is 0 Å². The van der Waals surface area contributed by atoms with Crippen LogP contribution in [0.25, 0.3) is 0 Å². The van der Waals surface area contributed by atoms with Crippen LogP contribution >= 0.6 is 0 Å². The first-order valence-corrected chi connectivity index (χ1v) is 25.7. The van der Waals surface area contributed by atoms with E-state index < -0.39 is 0 Å². The van der Waals surface area contributed by atoms with Crippen LogP contribution in [0.4, 0.5) is 0 Å². The van der Waals surface area contributed by atoms with Gasteiger partial charge in [-0.1, -0.05) is 263 Å². The molecule has 0 saturated carbocycles. The van der Waals surface area contributed by atoms with E-state index in [2.05, 4.69) is 19.1 Å². The van der Waals surface area contributed by atoms with Crippen molar-refractivity contribution in [3.8, 4) is 0 Å². The number of aliphatic hydroxyl groups is 1. The van der Waals surface area contributed by atoms with Gasteiger partial charge in [-0.2, -0.15) is 0 Å². The van der Waals surface area contributed by atoms with E-state index >= 15 is 0 Å². The van der Waals surface area contributed by atoms with E-state index in [9.17, 15) is 4.79 Å². The lowest BCUT2D eigenvalue weighted by Crippen LogP contribution is -2.05. The molecule has 0 radical (unpaired) electrons. The van der Waals surface area contributed by atoms with Crippen LogP contribution < -0.4 is 0 Å². The molecular formula is C52H102O3. The maximum atomic E-state index is 12.0. The molecule has 1 N–H and O–H groups in total. The Labute approximate surface area is 347 Å². The second-order valence-electron chi connectivity index (χ2n) is 17.6. The SMILES string of the molecule is CCCCCC/C=C\CCCCCCCC(=O)OCCCCCCCCCCCCCCCCCCCCCCCCCCCCCCCCCCCCO. The zero-order valence-electron chi connectivity index (χ0n) is 37.9. The first kappa shape index (κ1) is 54.2. The molecule has 3 nitrogen and oxygen atoms in total. The monoisotopic (exact) mass is 775 g/mol. The highest BCUT2D eigenvalue weighted by Crippen LogP contribution is 2.17. The zero-order chi connectivity index (χ0) is 39.6.